The Balaban J connectivity index is 1.23. The number of fused-ring (bicyclic) bond motifs is 1. The number of hydrogen-bond donors (Lipinski definition) is 1. The fourth-order valence-corrected chi connectivity index (χ4v) is 7.30. The predicted molar refractivity (Wildman–Crippen MR) is 128 cm³/mol. The maximum absolute atomic E-state index is 12.9. The van der Waals surface area contributed by atoms with Crippen molar-refractivity contribution in [1.29, 1.82) is 0 Å². The third kappa shape index (κ3) is 4.54. The van der Waals surface area contributed by atoms with Crippen molar-refractivity contribution in [3.63, 3.8) is 0 Å². The maximum Gasteiger partial charge on any atom is 0.281 e. The van der Waals surface area contributed by atoms with Gasteiger partial charge < -0.3 is 9.88 Å². The van der Waals surface area contributed by atoms with Crippen molar-refractivity contribution in [3.8, 4) is 0 Å². The van der Waals surface area contributed by atoms with Crippen LogP contribution in [0.15, 0.2) is 30.5 Å². The Labute approximate surface area is 197 Å². The first-order chi connectivity index (χ1) is 15.9. The van der Waals surface area contributed by atoms with Crippen molar-refractivity contribution < 1.29 is 13.2 Å². The Hall–Kier alpha value is -2.34. The first kappa shape index (κ1) is 22.5. The lowest BCUT2D eigenvalue weighted by Crippen LogP contribution is -2.49. The minimum Gasteiger partial charge on any atom is -0.350 e. The second-order valence-electron chi connectivity index (χ2n) is 8.76. The largest absolute Gasteiger partial charge is 0.350 e. The first-order valence-corrected chi connectivity index (χ1v) is 13.5. The maximum atomic E-state index is 12.9. The number of para-hydroxylation sites is 1. The van der Waals surface area contributed by atoms with Crippen LogP contribution in [0.2, 0.25) is 0 Å². The van der Waals surface area contributed by atoms with Gasteiger partial charge in [0.25, 0.3) is 10.2 Å². The van der Waals surface area contributed by atoms with Gasteiger partial charge in [-0.2, -0.15) is 17.0 Å². The molecule has 0 bridgehead atoms. The summed E-state index contributed by atoms with van der Waals surface area (Å²) < 4.78 is 30.9. The van der Waals surface area contributed by atoms with Gasteiger partial charge in [-0.3, -0.25) is 4.79 Å². The van der Waals surface area contributed by atoms with Gasteiger partial charge >= 0.3 is 0 Å². The Morgan fingerprint density at radius 3 is 2.70 bits per heavy atom. The molecule has 1 aromatic carbocycles. The van der Waals surface area contributed by atoms with E-state index < -0.39 is 10.2 Å². The van der Waals surface area contributed by atoms with E-state index in [9.17, 15) is 13.2 Å². The number of carbonyl (C=O) groups is 1. The molecule has 0 saturated carbocycles. The van der Waals surface area contributed by atoms with Gasteiger partial charge in [0.2, 0.25) is 11.0 Å². The standard InChI is InChI=1S/C22H28N6O3S2/c1-26-14-17(18-8-2-3-9-19(18)26)13-20-24-25-22(32-20)23-21(29)16-7-6-12-28(15-16)33(30,31)27-10-4-5-11-27/h2-3,8-9,14,16H,4-7,10-13,15H2,1H3,(H,23,25,29). The highest BCUT2D eigenvalue weighted by Crippen LogP contribution is 2.27. The molecule has 9 nitrogen and oxygen atoms in total. The van der Waals surface area contributed by atoms with Gasteiger partial charge in [0.05, 0.1) is 5.92 Å². The van der Waals surface area contributed by atoms with E-state index in [1.165, 1.54) is 25.3 Å². The first-order valence-electron chi connectivity index (χ1n) is 11.3. The molecule has 2 aliphatic heterocycles. The molecule has 4 heterocycles. The lowest BCUT2D eigenvalue weighted by molar-refractivity contribution is -0.120. The minimum absolute atomic E-state index is 0.191. The van der Waals surface area contributed by atoms with Gasteiger partial charge in [0.15, 0.2) is 0 Å². The summed E-state index contributed by atoms with van der Waals surface area (Å²) in [6.07, 6.45) is 5.87. The van der Waals surface area contributed by atoms with Crippen LogP contribution < -0.4 is 5.32 Å². The predicted octanol–water partition coefficient (Wildman–Crippen LogP) is 2.61. The second-order valence-corrected chi connectivity index (χ2v) is 11.8. The molecule has 11 heteroatoms. The van der Waals surface area contributed by atoms with Gasteiger partial charge in [-0.15, -0.1) is 10.2 Å². The molecule has 33 heavy (non-hydrogen) atoms. The van der Waals surface area contributed by atoms with Gasteiger partial charge in [-0.25, -0.2) is 0 Å². The molecular weight excluding hydrogens is 460 g/mol. The van der Waals surface area contributed by atoms with Crippen LogP contribution in [-0.4, -0.2) is 63.9 Å². The number of benzene rings is 1. The molecule has 2 aromatic heterocycles. The lowest BCUT2D eigenvalue weighted by atomic mass is 9.99. The van der Waals surface area contributed by atoms with Crippen LogP contribution in [0.25, 0.3) is 10.9 Å². The van der Waals surface area contributed by atoms with E-state index in [2.05, 4.69) is 38.4 Å². The van der Waals surface area contributed by atoms with Crippen LogP contribution in [0.4, 0.5) is 5.13 Å². The average Bonchev–Trinajstić information content (AvgIpc) is 3.57. The fraction of sp³-hybridized carbons (Fsp3) is 0.500. The van der Waals surface area contributed by atoms with Crippen LogP contribution in [0.1, 0.15) is 36.3 Å². The molecule has 3 aromatic rings. The van der Waals surface area contributed by atoms with Gasteiger partial charge in [-0.1, -0.05) is 29.5 Å². The number of nitrogens with one attached hydrogen (secondary N) is 1. The highest BCUT2D eigenvalue weighted by Gasteiger charge is 2.37. The quantitative estimate of drug-likeness (QED) is 0.575. The van der Waals surface area contributed by atoms with E-state index in [1.54, 1.807) is 0 Å². The molecule has 0 spiro atoms. The van der Waals surface area contributed by atoms with Crippen molar-refractivity contribution in [1.82, 2.24) is 23.4 Å². The Kier molecular flexibility index (Phi) is 6.21. The highest BCUT2D eigenvalue weighted by molar-refractivity contribution is 7.86. The molecule has 2 fully saturated rings. The van der Waals surface area contributed by atoms with Crippen LogP contribution in [0, 0.1) is 5.92 Å². The van der Waals surface area contributed by atoms with Gasteiger partial charge in [-0.05, 0) is 37.3 Å². The summed E-state index contributed by atoms with van der Waals surface area (Å²) in [4.78, 5) is 12.9. The summed E-state index contributed by atoms with van der Waals surface area (Å²) in [6.45, 7) is 1.82. The smallest absolute Gasteiger partial charge is 0.281 e. The molecule has 5 rings (SSSR count). The third-order valence-corrected chi connectivity index (χ3v) is 9.33. The van der Waals surface area contributed by atoms with Crippen LogP contribution in [-0.2, 0) is 28.5 Å². The number of aromatic nitrogens is 3. The van der Waals surface area contributed by atoms with Crippen molar-refractivity contribution in [2.45, 2.75) is 32.1 Å². The van der Waals surface area contributed by atoms with Gasteiger partial charge in [0.1, 0.15) is 5.01 Å². The van der Waals surface area contributed by atoms with Crippen LogP contribution in [0.3, 0.4) is 0 Å². The van der Waals surface area contributed by atoms with Crippen LogP contribution in [0.5, 0.6) is 0 Å². The SMILES string of the molecule is Cn1cc(Cc2nnc(NC(=O)C3CCCN(S(=O)(=O)N4CCCC4)C3)s2)c2ccccc21. The normalized spacial score (nSPS) is 20.5. The summed E-state index contributed by atoms with van der Waals surface area (Å²) in [5.41, 5.74) is 2.33. The summed E-state index contributed by atoms with van der Waals surface area (Å²) in [7, 11) is -1.47. The number of amides is 1. The Bertz CT molecular complexity index is 1260. The van der Waals surface area contributed by atoms with E-state index in [0.29, 0.717) is 44.0 Å². The van der Waals surface area contributed by atoms with E-state index in [4.69, 9.17) is 0 Å². The number of aryl methyl sites for hydroxylation is 1. The Morgan fingerprint density at radius 2 is 1.88 bits per heavy atom. The average molecular weight is 489 g/mol. The molecule has 2 saturated heterocycles. The zero-order valence-electron chi connectivity index (χ0n) is 18.6. The number of nitrogens with zero attached hydrogens (tertiary/aromatic N) is 5. The topological polar surface area (TPSA) is 100 Å². The molecule has 0 radical (unpaired) electrons. The van der Waals surface area contributed by atoms with E-state index in [0.717, 1.165) is 28.9 Å². The minimum atomic E-state index is -3.49. The molecule has 176 valence electrons. The molecule has 2 aliphatic rings. The third-order valence-electron chi connectivity index (χ3n) is 6.49. The van der Waals surface area contributed by atoms with Crippen LogP contribution >= 0.6 is 11.3 Å². The molecule has 1 unspecified atom stereocenters. The van der Waals surface area contributed by atoms with Crippen molar-refractivity contribution in [2.75, 3.05) is 31.5 Å². The highest BCUT2D eigenvalue weighted by atomic mass is 32.2. The van der Waals surface area contributed by atoms with E-state index in [1.807, 2.05) is 19.2 Å². The number of hydrogen-bond acceptors (Lipinski definition) is 6. The van der Waals surface area contributed by atoms with Gasteiger partial charge in [0, 0.05) is 56.7 Å². The zero-order chi connectivity index (χ0) is 23.0. The Morgan fingerprint density at radius 1 is 1.12 bits per heavy atom. The number of anilines is 1. The van der Waals surface area contributed by atoms with E-state index >= 15 is 0 Å². The van der Waals surface area contributed by atoms with Crippen molar-refractivity contribution >= 4 is 43.5 Å². The van der Waals surface area contributed by atoms with Crippen molar-refractivity contribution in [3.05, 3.63) is 41.0 Å². The molecular formula is C22H28N6O3S2. The summed E-state index contributed by atoms with van der Waals surface area (Å²) in [5, 5.41) is 13.7. The zero-order valence-corrected chi connectivity index (χ0v) is 20.2. The molecule has 1 amide bonds. The fourth-order valence-electron chi connectivity index (χ4n) is 4.76. The number of carbonyl (C=O) groups excluding carboxylic acids is 1. The summed E-state index contributed by atoms with van der Waals surface area (Å²) >= 11 is 1.36. The molecule has 1 N–H and O–H groups in total. The van der Waals surface area contributed by atoms with E-state index in [-0.39, 0.29) is 18.4 Å². The number of rotatable bonds is 6. The summed E-state index contributed by atoms with van der Waals surface area (Å²) in [6, 6.07) is 8.23. The molecule has 1 atom stereocenters. The molecule has 0 aliphatic carbocycles. The summed E-state index contributed by atoms with van der Waals surface area (Å²) in [5.74, 6) is -0.578. The van der Waals surface area contributed by atoms with Crippen molar-refractivity contribution in [2.24, 2.45) is 13.0 Å². The second kappa shape index (κ2) is 9.13. The monoisotopic (exact) mass is 488 g/mol. The lowest BCUT2D eigenvalue weighted by Gasteiger charge is -2.33. The number of piperidine rings is 1.